The molecule has 1 atom stereocenters. The summed E-state index contributed by atoms with van der Waals surface area (Å²) < 4.78 is 17.0. The Bertz CT molecular complexity index is 694. The summed E-state index contributed by atoms with van der Waals surface area (Å²) in [5.41, 5.74) is 2.76. The summed E-state index contributed by atoms with van der Waals surface area (Å²) in [4.78, 5) is 16.4. The van der Waals surface area contributed by atoms with Crippen LogP contribution in [0.1, 0.15) is 38.3 Å². The van der Waals surface area contributed by atoms with E-state index in [0.29, 0.717) is 26.3 Å². The average Bonchev–Trinajstić information content (AvgIpc) is 3.22. The minimum atomic E-state index is -0.505. The fraction of sp³-hybridized carbons (Fsp3) is 0.667. The molecule has 2 heterocycles. The van der Waals surface area contributed by atoms with Crippen molar-refractivity contribution in [3.63, 3.8) is 0 Å². The Morgan fingerprint density at radius 1 is 1.32 bits per heavy atom. The predicted octanol–water partition coefficient (Wildman–Crippen LogP) is 3.08. The van der Waals surface area contributed by atoms with Gasteiger partial charge in [0.2, 0.25) is 0 Å². The van der Waals surface area contributed by atoms with E-state index in [1.54, 1.807) is 4.90 Å². The highest BCUT2D eigenvalue weighted by atomic mass is 16.6. The number of benzene rings is 1. The fourth-order valence-electron chi connectivity index (χ4n) is 3.37. The van der Waals surface area contributed by atoms with Gasteiger partial charge < -0.3 is 24.4 Å². The van der Waals surface area contributed by atoms with Crippen molar-refractivity contribution in [1.82, 2.24) is 9.80 Å². The number of likely N-dealkylation sites (N-methyl/N-ethyl adjacent to an activating group) is 1. The topological polar surface area (TPSA) is 63.3 Å². The molecule has 0 bridgehead atoms. The summed E-state index contributed by atoms with van der Waals surface area (Å²) in [6.07, 6.45) is 0.699. The minimum absolute atomic E-state index is 0.283. The molecule has 0 aliphatic carbocycles. The van der Waals surface area contributed by atoms with Crippen LogP contribution in [-0.4, -0.2) is 68.0 Å². The molecule has 3 rings (SSSR count). The largest absolute Gasteiger partial charge is 0.492 e. The molecule has 0 radical (unpaired) electrons. The van der Waals surface area contributed by atoms with Gasteiger partial charge in [-0.2, -0.15) is 0 Å². The van der Waals surface area contributed by atoms with Gasteiger partial charge in [-0.1, -0.05) is 0 Å². The lowest BCUT2D eigenvalue weighted by Gasteiger charge is -2.24. The Labute approximate surface area is 167 Å². The van der Waals surface area contributed by atoms with Gasteiger partial charge in [0.15, 0.2) is 0 Å². The van der Waals surface area contributed by atoms with Crippen molar-refractivity contribution in [3.8, 4) is 5.75 Å². The normalized spacial score (nSPS) is 19.1. The quantitative estimate of drug-likeness (QED) is 0.804. The lowest BCUT2D eigenvalue weighted by atomic mass is 10.1. The Morgan fingerprint density at radius 3 is 2.75 bits per heavy atom. The molecule has 0 aromatic heterocycles. The molecule has 1 N–H and O–H groups in total. The first-order valence-electron chi connectivity index (χ1n) is 9.97. The van der Waals surface area contributed by atoms with Crippen LogP contribution in [0.15, 0.2) is 12.1 Å². The van der Waals surface area contributed by atoms with E-state index in [1.807, 2.05) is 47.0 Å². The van der Waals surface area contributed by atoms with Gasteiger partial charge in [0, 0.05) is 37.0 Å². The fourth-order valence-corrected chi connectivity index (χ4v) is 3.37. The van der Waals surface area contributed by atoms with Crippen LogP contribution in [0.3, 0.4) is 0 Å². The van der Waals surface area contributed by atoms with Crippen LogP contribution in [0.5, 0.6) is 5.75 Å². The second-order valence-electron chi connectivity index (χ2n) is 8.80. The monoisotopic (exact) mass is 391 g/mol. The second-order valence-corrected chi connectivity index (χ2v) is 8.80. The molecular weight excluding hydrogens is 358 g/mol. The summed E-state index contributed by atoms with van der Waals surface area (Å²) in [6, 6.07) is 4.38. The Balaban J connectivity index is 1.77. The van der Waals surface area contributed by atoms with Crippen molar-refractivity contribution >= 4 is 11.8 Å². The van der Waals surface area contributed by atoms with E-state index >= 15 is 0 Å². The maximum absolute atomic E-state index is 12.5. The summed E-state index contributed by atoms with van der Waals surface area (Å²) in [5.74, 6) is 0.827. The highest BCUT2D eigenvalue weighted by molar-refractivity contribution is 5.71. The lowest BCUT2D eigenvalue weighted by molar-refractivity contribution is 0.0242. The molecule has 1 fully saturated rings. The van der Waals surface area contributed by atoms with Crippen molar-refractivity contribution < 1.29 is 19.0 Å². The van der Waals surface area contributed by atoms with Crippen LogP contribution >= 0.6 is 0 Å². The first-order chi connectivity index (χ1) is 13.2. The average molecular weight is 392 g/mol. The number of carbonyl (C=O) groups excluding carboxylic acids is 1. The standard InChI is InChI=1S/C21H33N3O4/c1-21(2,3)28-20(25)24-12-15-10-17(27-9-7-23(4)5)11-19(18(15)13-24)22-16-6-8-26-14-16/h10-11,16,22H,6-9,12-14H2,1-5H3/t16-/m1/s1. The summed E-state index contributed by atoms with van der Waals surface area (Å²) in [5, 5.41) is 3.59. The number of anilines is 1. The number of hydrogen-bond acceptors (Lipinski definition) is 6. The maximum atomic E-state index is 12.5. The Hall–Kier alpha value is -1.99. The van der Waals surface area contributed by atoms with Gasteiger partial charge in [-0.25, -0.2) is 4.79 Å². The van der Waals surface area contributed by atoms with E-state index in [-0.39, 0.29) is 12.1 Å². The van der Waals surface area contributed by atoms with Crippen LogP contribution in [0.4, 0.5) is 10.5 Å². The summed E-state index contributed by atoms with van der Waals surface area (Å²) in [7, 11) is 4.05. The van der Waals surface area contributed by atoms with Crippen LogP contribution in [0.2, 0.25) is 0 Å². The first-order valence-corrected chi connectivity index (χ1v) is 9.97. The maximum Gasteiger partial charge on any atom is 0.410 e. The third-order valence-corrected chi connectivity index (χ3v) is 4.77. The third kappa shape index (κ3) is 5.52. The van der Waals surface area contributed by atoms with Gasteiger partial charge in [-0.3, -0.25) is 4.90 Å². The molecule has 7 heteroatoms. The molecule has 0 spiro atoms. The molecule has 1 aromatic rings. The zero-order valence-electron chi connectivity index (χ0n) is 17.7. The van der Waals surface area contributed by atoms with E-state index < -0.39 is 5.60 Å². The molecule has 0 unspecified atom stereocenters. The molecular formula is C21H33N3O4. The van der Waals surface area contributed by atoms with E-state index in [2.05, 4.69) is 10.2 Å². The van der Waals surface area contributed by atoms with Gasteiger partial charge in [0.1, 0.15) is 18.0 Å². The minimum Gasteiger partial charge on any atom is -0.492 e. The molecule has 2 aliphatic rings. The predicted molar refractivity (Wildman–Crippen MR) is 109 cm³/mol. The van der Waals surface area contributed by atoms with Gasteiger partial charge in [0.25, 0.3) is 0 Å². The molecule has 7 nitrogen and oxygen atoms in total. The molecule has 2 aliphatic heterocycles. The van der Waals surface area contributed by atoms with E-state index in [4.69, 9.17) is 14.2 Å². The van der Waals surface area contributed by atoms with E-state index in [0.717, 1.165) is 42.1 Å². The Kier molecular flexibility index (Phi) is 6.35. The SMILES string of the molecule is CN(C)CCOc1cc2c(c(N[C@@H]3CCOC3)c1)CN(C(=O)OC(C)(C)C)C2. The van der Waals surface area contributed by atoms with Crippen LogP contribution in [0.25, 0.3) is 0 Å². The number of nitrogens with zero attached hydrogens (tertiary/aromatic N) is 2. The van der Waals surface area contributed by atoms with Crippen molar-refractivity contribution in [1.29, 1.82) is 0 Å². The first kappa shape index (κ1) is 20.7. The van der Waals surface area contributed by atoms with Crippen molar-refractivity contribution in [2.24, 2.45) is 0 Å². The van der Waals surface area contributed by atoms with Crippen LogP contribution in [0, 0.1) is 0 Å². The third-order valence-electron chi connectivity index (χ3n) is 4.77. The molecule has 1 amide bonds. The van der Waals surface area contributed by atoms with Gasteiger partial charge in [-0.05, 0) is 52.9 Å². The number of amides is 1. The highest BCUT2D eigenvalue weighted by Gasteiger charge is 2.30. The van der Waals surface area contributed by atoms with Crippen LogP contribution < -0.4 is 10.1 Å². The highest BCUT2D eigenvalue weighted by Crippen LogP contribution is 2.35. The van der Waals surface area contributed by atoms with Gasteiger partial charge in [-0.15, -0.1) is 0 Å². The molecule has 0 saturated carbocycles. The van der Waals surface area contributed by atoms with Gasteiger partial charge in [0.05, 0.1) is 19.2 Å². The Morgan fingerprint density at radius 2 is 2.11 bits per heavy atom. The number of fused-ring (bicyclic) bond motifs is 1. The molecule has 156 valence electrons. The zero-order valence-corrected chi connectivity index (χ0v) is 17.7. The zero-order chi connectivity index (χ0) is 20.3. The van der Waals surface area contributed by atoms with Gasteiger partial charge >= 0.3 is 6.09 Å². The van der Waals surface area contributed by atoms with Crippen LogP contribution in [-0.2, 0) is 22.6 Å². The lowest BCUT2D eigenvalue weighted by Crippen LogP contribution is -2.33. The molecule has 1 saturated heterocycles. The van der Waals surface area contributed by atoms with E-state index in [9.17, 15) is 4.79 Å². The summed E-state index contributed by atoms with van der Waals surface area (Å²) in [6.45, 7) is 9.68. The summed E-state index contributed by atoms with van der Waals surface area (Å²) >= 11 is 0. The van der Waals surface area contributed by atoms with Crippen molar-refractivity contribution in [2.45, 2.75) is 51.9 Å². The second kappa shape index (κ2) is 8.57. The van der Waals surface area contributed by atoms with Crippen molar-refractivity contribution in [3.05, 3.63) is 23.3 Å². The number of hydrogen-bond donors (Lipinski definition) is 1. The number of rotatable bonds is 6. The number of nitrogens with one attached hydrogen (secondary N) is 1. The molecule has 1 aromatic carbocycles. The van der Waals surface area contributed by atoms with E-state index in [1.165, 1.54) is 0 Å². The molecule has 28 heavy (non-hydrogen) atoms. The number of ether oxygens (including phenoxy) is 3. The smallest absolute Gasteiger partial charge is 0.410 e. The van der Waals surface area contributed by atoms with Crippen molar-refractivity contribution in [2.75, 3.05) is 45.8 Å². The number of carbonyl (C=O) groups is 1.